The molecule has 6 heteroatoms. The fraction of sp³-hybridized carbons (Fsp3) is 0.148. The third kappa shape index (κ3) is 5.54. The van der Waals surface area contributed by atoms with Gasteiger partial charge in [0.25, 0.3) is 5.91 Å². The van der Waals surface area contributed by atoms with Gasteiger partial charge in [-0.25, -0.2) is 0 Å². The van der Waals surface area contributed by atoms with Gasteiger partial charge in [-0.2, -0.15) is 0 Å². The minimum absolute atomic E-state index is 0.125. The van der Waals surface area contributed by atoms with E-state index < -0.39 is 6.04 Å². The van der Waals surface area contributed by atoms with Crippen LogP contribution in [0, 0.1) is 6.92 Å². The molecule has 166 valence electrons. The minimum atomic E-state index is -0.867. The molecule has 0 aliphatic carbocycles. The molecule has 0 spiro atoms. The van der Waals surface area contributed by atoms with Gasteiger partial charge in [0.2, 0.25) is 5.91 Å². The standard InChI is InChI=1S/C27H25N3O3/c1-20-12-14-22(15-13-20)25(26(31)29-18-21-8-3-2-4-9-21)30(19-23-10-7-17-33-23)27(32)24-11-5-6-16-28-24/h2-17,25H,18-19H2,1H3,(H,29,31)/t25-/m1/s1. The summed E-state index contributed by atoms with van der Waals surface area (Å²) in [6, 6.07) is 25.1. The molecular formula is C27H25N3O3. The molecule has 0 radical (unpaired) electrons. The fourth-order valence-electron chi connectivity index (χ4n) is 3.59. The molecule has 4 rings (SSSR count). The van der Waals surface area contributed by atoms with Crippen molar-refractivity contribution in [2.75, 3.05) is 0 Å². The summed E-state index contributed by atoms with van der Waals surface area (Å²) in [5, 5.41) is 2.99. The highest BCUT2D eigenvalue weighted by Crippen LogP contribution is 2.26. The second-order valence-electron chi connectivity index (χ2n) is 7.74. The van der Waals surface area contributed by atoms with Crippen LogP contribution in [0.15, 0.2) is 102 Å². The van der Waals surface area contributed by atoms with E-state index >= 15 is 0 Å². The number of rotatable bonds is 8. The average molecular weight is 440 g/mol. The van der Waals surface area contributed by atoms with Crippen molar-refractivity contribution in [2.45, 2.75) is 26.1 Å². The molecule has 2 aromatic carbocycles. The van der Waals surface area contributed by atoms with Gasteiger partial charge in [-0.15, -0.1) is 0 Å². The average Bonchev–Trinajstić information content (AvgIpc) is 3.37. The maximum absolute atomic E-state index is 13.6. The molecule has 2 heterocycles. The minimum Gasteiger partial charge on any atom is -0.467 e. The van der Waals surface area contributed by atoms with Crippen LogP contribution in [0.4, 0.5) is 0 Å². The zero-order valence-corrected chi connectivity index (χ0v) is 18.3. The molecule has 0 aliphatic heterocycles. The first kappa shape index (κ1) is 22.0. The largest absolute Gasteiger partial charge is 0.467 e. The van der Waals surface area contributed by atoms with Crippen molar-refractivity contribution >= 4 is 11.8 Å². The Kier molecular flexibility index (Phi) is 6.95. The van der Waals surface area contributed by atoms with Crippen molar-refractivity contribution in [1.29, 1.82) is 0 Å². The summed E-state index contributed by atoms with van der Waals surface area (Å²) in [4.78, 5) is 32.8. The molecule has 4 aromatic rings. The molecule has 0 aliphatic rings. The van der Waals surface area contributed by atoms with Gasteiger partial charge >= 0.3 is 0 Å². The van der Waals surface area contributed by atoms with Crippen molar-refractivity contribution in [2.24, 2.45) is 0 Å². The lowest BCUT2D eigenvalue weighted by molar-refractivity contribution is -0.126. The van der Waals surface area contributed by atoms with Gasteiger partial charge in [-0.1, -0.05) is 66.2 Å². The van der Waals surface area contributed by atoms with E-state index in [9.17, 15) is 9.59 Å². The van der Waals surface area contributed by atoms with E-state index in [-0.39, 0.29) is 24.1 Å². The van der Waals surface area contributed by atoms with Crippen LogP contribution >= 0.6 is 0 Å². The van der Waals surface area contributed by atoms with Gasteiger partial charge in [0.15, 0.2) is 0 Å². The Hall–Kier alpha value is -4.19. The van der Waals surface area contributed by atoms with E-state index in [1.165, 1.54) is 4.90 Å². The van der Waals surface area contributed by atoms with Crippen molar-refractivity contribution in [1.82, 2.24) is 15.2 Å². The molecule has 0 unspecified atom stereocenters. The summed E-state index contributed by atoms with van der Waals surface area (Å²) in [5.41, 5.74) is 3.01. The maximum Gasteiger partial charge on any atom is 0.273 e. The quantitative estimate of drug-likeness (QED) is 0.432. The predicted octanol–water partition coefficient (Wildman–Crippen LogP) is 4.68. The van der Waals surface area contributed by atoms with Gasteiger partial charge in [-0.05, 0) is 42.3 Å². The van der Waals surface area contributed by atoms with E-state index in [0.717, 1.165) is 11.1 Å². The number of amides is 2. The highest BCUT2D eigenvalue weighted by atomic mass is 16.3. The number of nitrogens with zero attached hydrogens (tertiary/aromatic N) is 2. The zero-order valence-electron chi connectivity index (χ0n) is 18.3. The van der Waals surface area contributed by atoms with E-state index in [2.05, 4.69) is 10.3 Å². The first-order chi connectivity index (χ1) is 16.1. The van der Waals surface area contributed by atoms with Gasteiger partial charge in [0.1, 0.15) is 17.5 Å². The zero-order chi connectivity index (χ0) is 23.0. The summed E-state index contributed by atoms with van der Waals surface area (Å²) < 4.78 is 5.52. The van der Waals surface area contributed by atoms with E-state index in [0.29, 0.717) is 17.9 Å². The number of hydrogen-bond acceptors (Lipinski definition) is 4. The summed E-state index contributed by atoms with van der Waals surface area (Å²) in [6.07, 6.45) is 3.11. The van der Waals surface area contributed by atoms with Crippen molar-refractivity contribution in [3.05, 3.63) is 126 Å². The second kappa shape index (κ2) is 10.4. The topological polar surface area (TPSA) is 75.4 Å². The van der Waals surface area contributed by atoms with Crippen LogP contribution in [-0.4, -0.2) is 21.7 Å². The predicted molar refractivity (Wildman–Crippen MR) is 125 cm³/mol. The molecule has 33 heavy (non-hydrogen) atoms. The van der Waals surface area contributed by atoms with Crippen LogP contribution in [-0.2, 0) is 17.9 Å². The molecule has 2 amide bonds. The summed E-state index contributed by atoms with van der Waals surface area (Å²) >= 11 is 0. The third-order valence-corrected chi connectivity index (χ3v) is 5.31. The first-order valence-corrected chi connectivity index (χ1v) is 10.7. The number of benzene rings is 2. The molecular weight excluding hydrogens is 414 g/mol. The Morgan fingerprint density at radius 2 is 1.70 bits per heavy atom. The second-order valence-corrected chi connectivity index (χ2v) is 7.74. The number of hydrogen-bond donors (Lipinski definition) is 1. The number of furan rings is 1. The Balaban J connectivity index is 1.70. The lowest BCUT2D eigenvalue weighted by atomic mass is 10.0. The summed E-state index contributed by atoms with van der Waals surface area (Å²) in [6.45, 7) is 2.46. The van der Waals surface area contributed by atoms with Crippen LogP contribution in [0.5, 0.6) is 0 Å². The number of aryl methyl sites for hydroxylation is 1. The van der Waals surface area contributed by atoms with Crippen LogP contribution in [0.3, 0.4) is 0 Å². The lowest BCUT2D eigenvalue weighted by Crippen LogP contribution is -2.43. The van der Waals surface area contributed by atoms with Crippen molar-refractivity contribution in [3.63, 3.8) is 0 Å². The number of carbonyl (C=O) groups excluding carboxylic acids is 2. The highest BCUT2D eigenvalue weighted by molar-refractivity contribution is 5.96. The molecule has 2 aromatic heterocycles. The molecule has 0 saturated carbocycles. The third-order valence-electron chi connectivity index (χ3n) is 5.31. The number of aromatic nitrogens is 1. The number of pyridine rings is 1. The van der Waals surface area contributed by atoms with Gasteiger partial charge < -0.3 is 14.6 Å². The monoisotopic (exact) mass is 439 g/mol. The van der Waals surface area contributed by atoms with Crippen molar-refractivity contribution < 1.29 is 14.0 Å². The normalized spacial score (nSPS) is 11.5. The van der Waals surface area contributed by atoms with E-state index in [1.54, 1.807) is 42.8 Å². The Labute approximate surface area is 192 Å². The Bertz CT molecular complexity index is 1170. The van der Waals surface area contributed by atoms with Crippen molar-refractivity contribution in [3.8, 4) is 0 Å². The number of nitrogens with one attached hydrogen (secondary N) is 1. The Morgan fingerprint density at radius 3 is 2.36 bits per heavy atom. The SMILES string of the molecule is Cc1ccc([C@H](C(=O)NCc2ccccc2)N(Cc2ccco2)C(=O)c2ccccn2)cc1. The molecule has 0 saturated heterocycles. The summed E-state index contributed by atoms with van der Waals surface area (Å²) in [5.74, 6) is -0.0572. The van der Waals surface area contributed by atoms with E-state index in [4.69, 9.17) is 4.42 Å². The lowest BCUT2D eigenvalue weighted by Gasteiger charge is -2.30. The Morgan fingerprint density at radius 1 is 0.939 bits per heavy atom. The van der Waals surface area contributed by atoms with Crippen LogP contribution in [0.2, 0.25) is 0 Å². The molecule has 6 nitrogen and oxygen atoms in total. The van der Waals surface area contributed by atoms with Gasteiger partial charge in [0.05, 0.1) is 12.8 Å². The van der Waals surface area contributed by atoms with E-state index in [1.807, 2.05) is 61.5 Å². The molecule has 1 N–H and O–H groups in total. The number of carbonyl (C=O) groups is 2. The fourth-order valence-corrected chi connectivity index (χ4v) is 3.59. The maximum atomic E-state index is 13.6. The first-order valence-electron chi connectivity index (χ1n) is 10.7. The highest BCUT2D eigenvalue weighted by Gasteiger charge is 2.33. The molecule has 1 atom stereocenters. The smallest absolute Gasteiger partial charge is 0.273 e. The molecule has 0 fully saturated rings. The van der Waals surface area contributed by atoms with Crippen LogP contribution in [0.25, 0.3) is 0 Å². The molecule has 0 bridgehead atoms. The van der Waals surface area contributed by atoms with Crippen LogP contribution in [0.1, 0.15) is 39.0 Å². The van der Waals surface area contributed by atoms with Gasteiger partial charge in [-0.3, -0.25) is 14.6 Å². The van der Waals surface area contributed by atoms with Gasteiger partial charge in [0, 0.05) is 12.7 Å². The summed E-state index contributed by atoms with van der Waals surface area (Å²) in [7, 11) is 0. The van der Waals surface area contributed by atoms with Crippen LogP contribution < -0.4 is 5.32 Å².